The van der Waals surface area contributed by atoms with Gasteiger partial charge in [-0.2, -0.15) is 0 Å². The molecule has 0 bridgehead atoms. The van der Waals surface area contributed by atoms with Crippen molar-refractivity contribution in [1.82, 2.24) is 5.32 Å². The first kappa shape index (κ1) is 14.2. The predicted octanol–water partition coefficient (Wildman–Crippen LogP) is 1.96. The summed E-state index contributed by atoms with van der Waals surface area (Å²) in [6.45, 7) is 2.34. The Labute approximate surface area is 101 Å². The molecule has 1 aromatic carbocycles. The van der Waals surface area contributed by atoms with E-state index in [0.29, 0.717) is 24.1 Å². The lowest BCUT2D eigenvalue weighted by Gasteiger charge is -2.06. The lowest BCUT2D eigenvalue weighted by Crippen LogP contribution is -2.21. The maximum atomic E-state index is 13.2. The minimum Gasteiger partial charge on any atom is -0.312 e. The molecule has 0 amide bonds. The van der Waals surface area contributed by atoms with Gasteiger partial charge in [0.2, 0.25) is 0 Å². The lowest BCUT2D eigenvalue weighted by molar-refractivity contribution is 0.487. The zero-order valence-corrected chi connectivity index (χ0v) is 10.3. The van der Waals surface area contributed by atoms with Gasteiger partial charge < -0.3 is 5.32 Å². The van der Waals surface area contributed by atoms with Gasteiger partial charge in [-0.15, -0.1) is 0 Å². The van der Waals surface area contributed by atoms with E-state index in [9.17, 15) is 17.4 Å². The molecule has 1 atom stereocenters. The van der Waals surface area contributed by atoms with Crippen LogP contribution in [0.4, 0.5) is 13.2 Å². The van der Waals surface area contributed by atoms with Crippen LogP contribution >= 0.6 is 0 Å². The second-order valence-electron chi connectivity index (χ2n) is 3.47. The molecule has 2 nitrogen and oxygen atoms in total. The zero-order chi connectivity index (χ0) is 12.8. The topological polar surface area (TPSA) is 29.1 Å². The fraction of sp³-hybridized carbons (Fsp3) is 0.455. The fourth-order valence-corrected chi connectivity index (χ4v) is 1.91. The van der Waals surface area contributed by atoms with Gasteiger partial charge >= 0.3 is 0 Å². The van der Waals surface area contributed by atoms with Gasteiger partial charge in [0.05, 0.1) is 0 Å². The predicted molar refractivity (Wildman–Crippen MR) is 61.6 cm³/mol. The highest BCUT2D eigenvalue weighted by molar-refractivity contribution is 7.84. The Morgan fingerprint density at radius 2 is 1.82 bits per heavy atom. The number of nitrogens with one attached hydrogen (secondary N) is 1. The Bertz CT molecular complexity index is 412. The normalized spacial score (nSPS) is 12.7. The first-order valence-corrected chi connectivity index (χ1v) is 6.72. The van der Waals surface area contributed by atoms with Crippen molar-refractivity contribution in [2.24, 2.45) is 0 Å². The molecule has 0 radical (unpaired) electrons. The summed E-state index contributed by atoms with van der Waals surface area (Å²) < 4.78 is 49.7. The smallest absolute Gasteiger partial charge is 0.161 e. The molecule has 0 aliphatic heterocycles. The molecule has 0 aliphatic rings. The van der Waals surface area contributed by atoms with E-state index in [1.54, 1.807) is 0 Å². The Hall–Kier alpha value is -0.880. The third kappa shape index (κ3) is 4.47. The van der Waals surface area contributed by atoms with Gasteiger partial charge in [-0.3, -0.25) is 4.21 Å². The molecule has 0 saturated heterocycles. The van der Waals surface area contributed by atoms with Gasteiger partial charge in [-0.25, -0.2) is 13.2 Å². The molecule has 1 rings (SSSR count). The highest BCUT2D eigenvalue weighted by atomic mass is 32.2. The van der Waals surface area contributed by atoms with Gasteiger partial charge in [0.15, 0.2) is 11.6 Å². The third-order valence-electron chi connectivity index (χ3n) is 2.23. The fourth-order valence-electron chi connectivity index (χ4n) is 1.25. The van der Waals surface area contributed by atoms with Crippen molar-refractivity contribution in [2.75, 3.05) is 18.1 Å². The Morgan fingerprint density at radius 3 is 2.47 bits per heavy atom. The van der Waals surface area contributed by atoms with Crippen LogP contribution < -0.4 is 5.32 Å². The third-order valence-corrected chi connectivity index (χ3v) is 3.54. The molecule has 1 N–H and O–H groups in total. The molecule has 0 heterocycles. The van der Waals surface area contributed by atoms with Crippen molar-refractivity contribution in [3.63, 3.8) is 0 Å². The number of rotatable bonds is 6. The molecule has 0 aromatic heterocycles. The maximum Gasteiger partial charge on any atom is 0.161 e. The summed E-state index contributed by atoms with van der Waals surface area (Å²) in [6.07, 6.45) is 0. The monoisotopic (exact) mass is 265 g/mol. The molecule has 6 heteroatoms. The van der Waals surface area contributed by atoms with Crippen molar-refractivity contribution in [3.05, 3.63) is 35.1 Å². The lowest BCUT2D eigenvalue weighted by atomic mass is 10.2. The molecular weight excluding hydrogens is 251 g/mol. The summed E-state index contributed by atoms with van der Waals surface area (Å²) in [5.41, 5.74) is 0.0613. The second kappa shape index (κ2) is 6.76. The summed E-state index contributed by atoms with van der Waals surface area (Å²) in [7, 11) is -0.889. The summed E-state index contributed by atoms with van der Waals surface area (Å²) in [5, 5.41) is 2.83. The standard InChI is InChI=1S/C11H14F3NOS/c1-2-17(16)4-3-15-7-8-5-10(13)11(14)6-9(8)12/h5-6,15H,2-4,7H2,1H3. The van der Waals surface area contributed by atoms with E-state index in [1.165, 1.54) is 0 Å². The van der Waals surface area contributed by atoms with Gasteiger partial charge in [-0.05, 0) is 6.07 Å². The van der Waals surface area contributed by atoms with Gasteiger partial charge in [0.1, 0.15) is 5.82 Å². The van der Waals surface area contributed by atoms with E-state index < -0.39 is 28.3 Å². The van der Waals surface area contributed by atoms with Crippen LogP contribution in [0.2, 0.25) is 0 Å². The zero-order valence-electron chi connectivity index (χ0n) is 9.43. The largest absolute Gasteiger partial charge is 0.312 e. The van der Waals surface area contributed by atoms with Crippen LogP contribution in [0.1, 0.15) is 12.5 Å². The van der Waals surface area contributed by atoms with Crippen LogP contribution in [0, 0.1) is 17.5 Å². The number of halogens is 3. The Morgan fingerprint density at radius 1 is 1.18 bits per heavy atom. The van der Waals surface area contributed by atoms with E-state index in [2.05, 4.69) is 5.32 Å². The second-order valence-corrected chi connectivity index (χ2v) is 5.33. The van der Waals surface area contributed by atoms with Gasteiger partial charge in [-0.1, -0.05) is 6.92 Å². The minimum absolute atomic E-state index is 0.0613. The molecule has 0 fully saturated rings. The average Bonchev–Trinajstić information content (AvgIpc) is 2.30. The first-order chi connectivity index (χ1) is 8.04. The number of hydrogen-bond donors (Lipinski definition) is 1. The maximum absolute atomic E-state index is 13.2. The molecule has 0 spiro atoms. The first-order valence-electron chi connectivity index (χ1n) is 5.23. The van der Waals surface area contributed by atoms with Crippen molar-refractivity contribution in [1.29, 1.82) is 0 Å². The van der Waals surface area contributed by atoms with E-state index in [-0.39, 0.29) is 12.1 Å². The van der Waals surface area contributed by atoms with Crippen LogP contribution in [0.25, 0.3) is 0 Å². The van der Waals surface area contributed by atoms with Crippen LogP contribution in [-0.2, 0) is 17.3 Å². The number of hydrogen-bond acceptors (Lipinski definition) is 2. The molecule has 0 saturated carbocycles. The van der Waals surface area contributed by atoms with E-state index >= 15 is 0 Å². The van der Waals surface area contributed by atoms with Gasteiger partial charge in [0.25, 0.3) is 0 Å². The number of benzene rings is 1. The molecular formula is C11H14F3NOS. The molecule has 0 aliphatic carbocycles. The van der Waals surface area contributed by atoms with E-state index in [4.69, 9.17) is 0 Å². The van der Waals surface area contributed by atoms with E-state index in [0.717, 1.165) is 6.07 Å². The molecule has 96 valence electrons. The highest BCUT2D eigenvalue weighted by Gasteiger charge is 2.09. The van der Waals surface area contributed by atoms with Crippen molar-refractivity contribution < 1.29 is 17.4 Å². The summed E-state index contributed by atoms with van der Waals surface area (Å²) in [4.78, 5) is 0. The SMILES string of the molecule is CCS(=O)CCNCc1cc(F)c(F)cc1F. The van der Waals surface area contributed by atoms with Crippen LogP contribution in [0.15, 0.2) is 12.1 Å². The van der Waals surface area contributed by atoms with Crippen molar-refractivity contribution in [3.8, 4) is 0 Å². The highest BCUT2D eigenvalue weighted by Crippen LogP contribution is 2.13. The summed E-state index contributed by atoms with van der Waals surface area (Å²) in [5.74, 6) is -2.02. The van der Waals surface area contributed by atoms with Crippen LogP contribution in [-0.4, -0.2) is 22.3 Å². The van der Waals surface area contributed by atoms with Crippen molar-refractivity contribution in [2.45, 2.75) is 13.5 Å². The summed E-state index contributed by atoms with van der Waals surface area (Å²) in [6, 6.07) is 1.35. The molecule has 17 heavy (non-hydrogen) atoms. The quantitative estimate of drug-likeness (QED) is 0.629. The van der Waals surface area contributed by atoms with Crippen molar-refractivity contribution >= 4 is 10.8 Å². The van der Waals surface area contributed by atoms with Crippen LogP contribution in [0.3, 0.4) is 0 Å². The molecule has 1 unspecified atom stereocenters. The molecule has 1 aromatic rings. The van der Waals surface area contributed by atoms with Gasteiger partial charge in [0, 0.05) is 47.0 Å². The van der Waals surface area contributed by atoms with Crippen LogP contribution in [0.5, 0.6) is 0 Å². The summed E-state index contributed by atoms with van der Waals surface area (Å²) >= 11 is 0. The Balaban J connectivity index is 2.47. The minimum atomic E-state index is -1.20. The van der Waals surface area contributed by atoms with E-state index in [1.807, 2.05) is 6.92 Å². The Kier molecular flexibility index (Phi) is 5.64. The average molecular weight is 265 g/mol.